The Morgan fingerprint density at radius 1 is 1.50 bits per heavy atom. The minimum absolute atomic E-state index is 0.00537. The number of hydrogen-bond acceptors (Lipinski definition) is 5. The Morgan fingerprint density at radius 2 is 2.25 bits per heavy atom. The first-order valence-corrected chi connectivity index (χ1v) is 6.41. The van der Waals surface area contributed by atoms with E-state index in [-0.39, 0.29) is 16.5 Å². The number of nitrogens with one attached hydrogen (secondary N) is 1. The first-order valence-electron chi connectivity index (χ1n) is 6.41. The van der Waals surface area contributed by atoms with E-state index in [4.69, 9.17) is 0 Å². The van der Waals surface area contributed by atoms with Crippen molar-refractivity contribution in [3.05, 3.63) is 34.5 Å². The molecule has 0 aliphatic rings. The monoisotopic (exact) mass is 278 g/mol. The summed E-state index contributed by atoms with van der Waals surface area (Å²) in [7, 11) is 1.71. The quantitative estimate of drug-likeness (QED) is 0.642. The zero-order valence-electron chi connectivity index (χ0n) is 11.8. The average Bonchev–Trinajstić information content (AvgIpc) is 2.98. The number of nitrogens with zero attached hydrogens (tertiary/aromatic N) is 5. The first kappa shape index (κ1) is 14.0. The highest BCUT2D eigenvalue weighted by Crippen LogP contribution is 2.32. The van der Waals surface area contributed by atoms with Gasteiger partial charge in [-0.25, -0.2) is 9.67 Å². The summed E-state index contributed by atoms with van der Waals surface area (Å²) >= 11 is 0. The molecular weight excluding hydrogens is 260 g/mol. The third-order valence-corrected chi connectivity index (χ3v) is 3.00. The van der Waals surface area contributed by atoms with E-state index in [0.29, 0.717) is 24.6 Å². The minimum Gasteiger partial charge on any atom is -0.363 e. The number of nitro groups is 1. The van der Waals surface area contributed by atoms with Crippen LogP contribution >= 0.6 is 0 Å². The normalized spacial score (nSPS) is 11.0. The molecule has 0 aliphatic heterocycles. The molecule has 108 valence electrons. The molecule has 2 heterocycles. The van der Waals surface area contributed by atoms with Gasteiger partial charge >= 0.3 is 5.69 Å². The van der Waals surface area contributed by atoms with Crippen LogP contribution in [0.3, 0.4) is 0 Å². The Bertz CT molecular complexity index is 587. The van der Waals surface area contributed by atoms with Gasteiger partial charge in [-0.3, -0.25) is 10.1 Å². The summed E-state index contributed by atoms with van der Waals surface area (Å²) in [6, 6.07) is 0. The molecule has 0 spiro atoms. The van der Waals surface area contributed by atoms with Crippen molar-refractivity contribution in [2.45, 2.75) is 26.3 Å². The molecule has 0 bridgehead atoms. The predicted octanol–water partition coefficient (Wildman–Crippen LogP) is 1.76. The van der Waals surface area contributed by atoms with Crippen molar-refractivity contribution in [2.24, 2.45) is 7.05 Å². The van der Waals surface area contributed by atoms with E-state index in [0.717, 1.165) is 0 Å². The third-order valence-electron chi connectivity index (χ3n) is 3.00. The molecule has 2 aromatic rings. The zero-order valence-corrected chi connectivity index (χ0v) is 11.8. The molecule has 20 heavy (non-hydrogen) atoms. The van der Waals surface area contributed by atoms with Crippen LogP contribution in [0.1, 0.15) is 25.5 Å². The lowest BCUT2D eigenvalue weighted by Gasteiger charge is -2.06. The van der Waals surface area contributed by atoms with Gasteiger partial charge in [-0.1, -0.05) is 13.8 Å². The SMILES string of the molecule is CC(C)c1nn(C)c(NCCn2ccnc2)c1[N+](=O)[O-]. The van der Waals surface area contributed by atoms with Gasteiger partial charge in [-0.2, -0.15) is 5.10 Å². The van der Waals surface area contributed by atoms with Gasteiger partial charge in [-0.15, -0.1) is 0 Å². The van der Waals surface area contributed by atoms with Crippen LogP contribution < -0.4 is 5.32 Å². The molecule has 0 saturated carbocycles. The van der Waals surface area contributed by atoms with Crippen molar-refractivity contribution in [1.29, 1.82) is 0 Å². The summed E-state index contributed by atoms with van der Waals surface area (Å²) in [5.74, 6) is 0.449. The van der Waals surface area contributed by atoms with Gasteiger partial charge in [0.15, 0.2) is 0 Å². The maximum atomic E-state index is 11.2. The zero-order chi connectivity index (χ0) is 14.7. The van der Waals surface area contributed by atoms with E-state index in [2.05, 4.69) is 15.4 Å². The fourth-order valence-corrected chi connectivity index (χ4v) is 2.02. The summed E-state index contributed by atoms with van der Waals surface area (Å²) < 4.78 is 3.43. The Kier molecular flexibility index (Phi) is 4.02. The Hall–Kier alpha value is -2.38. The van der Waals surface area contributed by atoms with E-state index < -0.39 is 0 Å². The summed E-state index contributed by atoms with van der Waals surface area (Å²) in [6.45, 7) is 5.03. The molecule has 0 radical (unpaired) electrons. The maximum Gasteiger partial charge on any atom is 0.334 e. The van der Waals surface area contributed by atoms with Gasteiger partial charge < -0.3 is 9.88 Å². The molecule has 1 N–H and O–H groups in total. The second-order valence-corrected chi connectivity index (χ2v) is 4.85. The first-order chi connectivity index (χ1) is 9.50. The maximum absolute atomic E-state index is 11.2. The molecular formula is C12H18N6O2. The minimum atomic E-state index is -0.373. The standard InChI is InChI=1S/C12H18N6O2/c1-9(2)10-11(18(19)20)12(16(3)15-10)14-5-7-17-6-4-13-8-17/h4,6,8-9,14H,5,7H2,1-3H3. The largest absolute Gasteiger partial charge is 0.363 e. The Balaban J connectivity index is 2.16. The van der Waals surface area contributed by atoms with E-state index >= 15 is 0 Å². The number of anilines is 1. The lowest BCUT2D eigenvalue weighted by molar-refractivity contribution is -0.384. The Morgan fingerprint density at radius 3 is 2.80 bits per heavy atom. The summed E-state index contributed by atoms with van der Waals surface area (Å²) in [5, 5.41) is 18.6. The number of aromatic nitrogens is 4. The summed E-state index contributed by atoms with van der Waals surface area (Å²) in [5.41, 5.74) is 0.566. The van der Waals surface area contributed by atoms with Gasteiger partial charge in [-0.05, 0) is 0 Å². The van der Waals surface area contributed by atoms with Crippen molar-refractivity contribution in [2.75, 3.05) is 11.9 Å². The molecule has 0 fully saturated rings. The average molecular weight is 278 g/mol. The number of aryl methyl sites for hydroxylation is 1. The number of hydrogen-bond donors (Lipinski definition) is 1. The van der Waals surface area contributed by atoms with Crippen LogP contribution in [0.2, 0.25) is 0 Å². The van der Waals surface area contributed by atoms with E-state index in [9.17, 15) is 10.1 Å². The van der Waals surface area contributed by atoms with E-state index in [1.807, 2.05) is 24.6 Å². The number of imidazole rings is 1. The van der Waals surface area contributed by atoms with Gasteiger partial charge in [0.25, 0.3) is 0 Å². The van der Waals surface area contributed by atoms with Crippen LogP contribution in [-0.4, -0.2) is 30.8 Å². The molecule has 0 atom stereocenters. The van der Waals surface area contributed by atoms with Crippen LogP contribution in [0.5, 0.6) is 0 Å². The molecule has 0 saturated heterocycles. The second kappa shape index (κ2) is 5.72. The van der Waals surface area contributed by atoms with Crippen LogP contribution in [0.25, 0.3) is 0 Å². The third kappa shape index (κ3) is 2.79. The van der Waals surface area contributed by atoms with Gasteiger partial charge in [0.2, 0.25) is 5.82 Å². The van der Waals surface area contributed by atoms with Gasteiger partial charge in [0, 0.05) is 38.4 Å². The van der Waals surface area contributed by atoms with Crippen molar-refractivity contribution in [1.82, 2.24) is 19.3 Å². The van der Waals surface area contributed by atoms with E-state index in [1.54, 1.807) is 19.6 Å². The second-order valence-electron chi connectivity index (χ2n) is 4.85. The van der Waals surface area contributed by atoms with Gasteiger partial charge in [0.1, 0.15) is 5.69 Å². The molecule has 8 heteroatoms. The molecule has 8 nitrogen and oxygen atoms in total. The van der Waals surface area contributed by atoms with Crippen LogP contribution in [0.4, 0.5) is 11.5 Å². The van der Waals surface area contributed by atoms with Crippen molar-refractivity contribution in [3.8, 4) is 0 Å². The van der Waals surface area contributed by atoms with Crippen molar-refractivity contribution >= 4 is 11.5 Å². The number of rotatable bonds is 6. The smallest absolute Gasteiger partial charge is 0.334 e. The van der Waals surface area contributed by atoms with Crippen molar-refractivity contribution in [3.63, 3.8) is 0 Å². The lowest BCUT2D eigenvalue weighted by atomic mass is 10.1. The molecule has 0 amide bonds. The molecule has 2 aromatic heterocycles. The van der Waals surface area contributed by atoms with Crippen LogP contribution in [0, 0.1) is 10.1 Å². The lowest BCUT2D eigenvalue weighted by Crippen LogP contribution is -2.12. The fourth-order valence-electron chi connectivity index (χ4n) is 2.02. The van der Waals surface area contributed by atoms with Crippen LogP contribution in [-0.2, 0) is 13.6 Å². The highest BCUT2D eigenvalue weighted by atomic mass is 16.6. The van der Waals surface area contributed by atoms with Crippen LogP contribution in [0.15, 0.2) is 18.7 Å². The van der Waals surface area contributed by atoms with Gasteiger partial charge in [0.05, 0.1) is 11.3 Å². The highest BCUT2D eigenvalue weighted by molar-refractivity contribution is 5.60. The molecule has 2 rings (SSSR count). The molecule has 0 unspecified atom stereocenters. The Labute approximate surface area is 116 Å². The fraction of sp³-hybridized carbons (Fsp3) is 0.500. The summed E-state index contributed by atoms with van der Waals surface area (Å²) in [4.78, 5) is 14.8. The highest BCUT2D eigenvalue weighted by Gasteiger charge is 2.28. The van der Waals surface area contributed by atoms with E-state index in [1.165, 1.54) is 4.68 Å². The predicted molar refractivity (Wildman–Crippen MR) is 74.7 cm³/mol. The van der Waals surface area contributed by atoms with Crippen molar-refractivity contribution < 1.29 is 4.92 Å². The topological polar surface area (TPSA) is 90.8 Å². The molecule has 0 aliphatic carbocycles. The summed E-state index contributed by atoms with van der Waals surface area (Å²) in [6.07, 6.45) is 5.25. The molecule has 0 aromatic carbocycles.